The van der Waals surface area contributed by atoms with Gasteiger partial charge < -0.3 is 4.90 Å². The lowest BCUT2D eigenvalue weighted by atomic mass is 10.0. The summed E-state index contributed by atoms with van der Waals surface area (Å²) in [5.41, 5.74) is 1.13. The van der Waals surface area contributed by atoms with Crippen LogP contribution >= 0.6 is 11.6 Å². The molecule has 2 aromatic rings. The van der Waals surface area contributed by atoms with E-state index in [0.717, 1.165) is 31.4 Å². The Kier molecular flexibility index (Phi) is 4.24. The van der Waals surface area contributed by atoms with Crippen LogP contribution in [0.4, 0.5) is 0 Å². The summed E-state index contributed by atoms with van der Waals surface area (Å²) in [6.07, 6.45) is 2.75. The number of carbonyl (C=O) groups excluding carboxylic acids is 1. The fraction of sp³-hybridized carbons (Fsp3) is 0.312. The molecule has 1 aliphatic heterocycles. The summed E-state index contributed by atoms with van der Waals surface area (Å²) in [6.45, 7) is 0.720. The Balaban J connectivity index is 1.75. The average molecular weight is 318 g/mol. The first-order valence-electron chi connectivity index (χ1n) is 7.24. The molecule has 1 aromatic carbocycles. The highest BCUT2D eigenvalue weighted by atomic mass is 35.5. The average Bonchev–Trinajstić information content (AvgIpc) is 2.98. The van der Waals surface area contributed by atoms with Gasteiger partial charge in [0, 0.05) is 23.7 Å². The molecule has 1 atom stereocenters. The molecule has 1 aliphatic rings. The van der Waals surface area contributed by atoms with E-state index in [4.69, 9.17) is 11.6 Å². The predicted molar refractivity (Wildman–Crippen MR) is 84.1 cm³/mol. The first kappa shape index (κ1) is 14.8. The summed E-state index contributed by atoms with van der Waals surface area (Å²) < 4.78 is 0. The number of aromatic amines is 1. The molecule has 1 amide bonds. The van der Waals surface area contributed by atoms with Crippen LogP contribution in [0.1, 0.15) is 28.9 Å². The summed E-state index contributed by atoms with van der Waals surface area (Å²) >= 11 is 5.90. The highest BCUT2D eigenvalue weighted by Gasteiger charge is 2.30. The van der Waals surface area contributed by atoms with Crippen molar-refractivity contribution in [2.24, 2.45) is 0 Å². The Labute approximate surface area is 132 Å². The molecule has 1 N–H and O–H groups in total. The number of aromatic nitrogens is 2. The van der Waals surface area contributed by atoms with E-state index < -0.39 is 0 Å². The van der Waals surface area contributed by atoms with Gasteiger partial charge in [-0.15, -0.1) is 0 Å². The Morgan fingerprint density at radius 2 is 2.05 bits per heavy atom. The van der Waals surface area contributed by atoms with E-state index in [0.29, 0.717) is 5.02 Å². The molecule has 114 valence electrons. The van der Waals surface area contributed by atoms with Gasteiger partial charge in [0.15, 0.2) is 0 Å². The van der Waals surface area contributed by atoms with Crippen LogP contribution < -0.4 is 5.56 Å². The molecule has 1 unspecified atom stereocenters. The second-order valence-electron chi connectivity index (χ2n) is 5.43. The molecule has 0 saturated carbocycles. The van der Waals surface area contributed by atoms with Crippen LogP contribution in [0.2, 0.25) is 5.02 Å². The number of benzene rings is 1. The third-order valence-electron chi connectivity index (χ3n) is 3.92. The summed E-state index contributed by atoms with van der Waals surface area (Å²) in [4.78, 5) is 25.4. The Morgan fingerprint density at radius 3 is 2.73 bits per heavy atom. The molecular formula is C16H16ClN3O2. The summed E-state index contributed by atoms with van der Waals surface area (Å²) in [6, 6.07) is 10.7. The van der Waals surface area contributed by atoms with Crippen LogP contribution in [-0.4, -0.2) is 33.6 Å². The molecule has 1 saturated heterocycles. The summed E-state index contributed by atoms with van der Waals surface area (Å²) in [5.74, 6) is -0.132. The quantitative estimate of drug-likeness (QED) is 0.944. The van der Waals surface area contributed by atoms with Crippen LogP contribution in [0.3, 0.4) is 0 Å². The van der Waals surface area contributed by atoms with E-state index in [1.807, 2.05) is 29.2 Å². The fourth-order valence-corrected chi connectivity index (χ4v) is 2.94. The number of likely N-dealkylation sites (tertiary alicyclic amines) is 1. The van der Waals surface area contributed by atoms with Crippen molar-refractivity contribution in [1.82, 2.24) is 15.1 Å². The minimum atomic E-state index is -0.310. The van der Waals surface area contributed by atoms with Crippen molar-refractivity contribution in [1.29, 1.82) is 0 Å². The minimum Gasteiger partial charge on any atom is -0.334 e. The lowest BCUT2D eigenvalue weighted by Gasteiger charge is -2.24. The van der Waals surface area contributed by atoms with Crippen molar-refractivity contribution < 1.29 is 4.79 Å². The van der Waals surface area contributed by atoms with Gasteiger partial charge in [-0.2, -0.15) is 5.10 Å². The molecule has 1 aromatic heterocycles. The molecule has 2 heterocycles. The van der Waals surface area contributed by atoms with Crippen molar-refractivity contribution in [2.75, 3.05) is 6.54 Å². The topological polar surface area (TPSA) is 66.1 Å². The van der Waals surface area contributed by atoms with Gasteiger partial charge in [0.1, 0.15) is 5.69 Å². The smallest absolute Gasteiger partial charge is 0.274 e. The van der Waals surface area contributed by atoms with Crippen molar-refractivity contribution in [3.63, 3.8) is 0 Å². The highest BCUT2D eigenvalue weighted by molar-refractivity contribution is 6.30. The van der Waals surface area contributed by atoms with Gasteiger partial charge in [-0.25, -0.2) is 5.10 Å². The van der Waals surface area contributed by atoms with Crippen LogP contribution in [-0.2, 0) is 6.42 Å². The molecule has 3 rings (SSSR count). The largest absolute Gasteiger partial charge is 0.334 e. The standard InChI is InChI=1S/C16H16ClN3O2/c17-12-5-3-11(4-6-12)10-13-2-1-9-20(13)16(22)14-7-8-15(21)19-18-14/h3-8,13H,1-2,9-10H2,(H,19,21). The molecule has 0 spiro atoms. The third-order valence-corrected chi connectivity index (χ3v) is 4.17. The maximum atomic E-state index is 12.5. The zero-order valence-electron chi connectivity index (χ0n) is 12.0. The SMILES string of the molecule is O=C(c1ccc(=O)[nH]n1)N1CCCC1Cc1ccc(Cl)cc1. The number of carbonyl (C=O) groups is 1. The molecule has 0 aliphatic carbocycles. The maximum absolute atomic E-state index is 12.5. The summed E-state index contributed by atoms with van der Waals surface area (Å²) in [7, 11) is 0. The summed E-state index contributed by atoms with van der Waals surface area (Å²) in [5, 5.41) is 6.85. The van der Waals surface area contributed by atoms with Gasteiger partial charge >= 0.3 is 0 Å². The first-order chi connectivity index (χ1) is 10.6. The Morgan fingerprint density at radius 1 is 1.27 bits per heavy atom. The van der Waals surface area contributed by atoms with Gasteiger partial charge in [0.05, 0.1) is 0 Å². The van der Waals surface area contributed by atoms with Gasteiger partial charge in [-0.1, -0.05) is 23.7 Å². The lowest BCUT2D eigenvalue weighted by Crippen LogP contribution is -2.37. The third kappa shape index (κ3) is 3.20. The van der Waals surface area contributed by atoms with Crippen LogP contribution in [0.15, 0.2) is 41.2 Å². The fourth-order valence-electron chi connectivity index (χ4n) is 2.82. The van der Waals surface area contributed by atoms with Gasteiger partial charge in [0.25, 0.3) is 11.5 Å². The number of nitrogens with one attached hydrogen (secondary N) is 1. The zero-order chi connectivity index (χ0) is 15.5. The molecule has 6 heteroatoms. The van der Waals surface area contributed by atoms with Gasteiger partial charge in [-0.3, -0.25) is 9.59 Å². The van der Waals surface area contributed by atoms with Crippen molar-refractivity contribution in [2.45, 2.75) is 25.3 Å². The molecule has 22 heavy (non-hydrogen) atoms. The number of halogens is 1. The van der Waals surface area contributed by atoms with E-state index in [9.17, 15) is 9.59 Å². The number of hydrogen-bond acceptors (Lipinski definition) is 3. The lowest BCUT2D eigenvalue weighted by molar-refractivity contribution is 0.0729. The van der Waals surface area contributed by atoms with E-state index >= 15 is 0 Å². The van der Waals surface area contributed by atoms with Crippen molar-refractivity contribution >= 4 is 17.5 Å². The van der Waals surface area contributed by atoms with Crippen LogP contribution in [0.5, 0.6) is 0 Å². The second kappa shape index (κ2) is 6.32. The molecule has 0 bridgehead atoms. The molecule has 0 radical (unpaired) electrons. The van der Waals surface area contributed by atoms with Crippen molar-refractivity contribution in [3.05, 3.63) is 63.0 Å². The first-order valence-corrected chi connectivity index (χ1v) is 7.62. The minimum absolute atomic E-state index is 0.132. The number of nitrogens with zero attached hydrogens (tertiary/aromatic N) is 2. The van der Waals surface area contributed by atoms with Gasteiger partial charge in [-0.05, 0) is 43.0 Å². The van der Waals surface area contributed by atoms with E-state index in [1.165, 1.54) is 12.1 Å². The number of amides is 1. The molecule has 5 nitrogen and oxygen atoms in total. The Hall–Kier alpha value is -2.14. The van der Waals surface area contributed by atoms with E-state index in [2.05, 4.69) is 10.2 Å². The predicted octanol–water partition coefficient (Wildman–Crippen LogP) is 2.27. The Bertz CT molecular complexity index is 706. The molecule has 1 fully saturated rings. The molecular weight excluding hydrogens is 302 g/mol. The number of rotatable bonds is 3. The number of hydrogen-bond donors (Lipinski definition) is 1. The second-order valence-corrected chi connectivity index (χ2v) is 5.87. The number of H-pyrrole nitrogens is 1. The van der Waals surface area contributed by atoms with E-state index in [-0.39, 0.29) is 23.2 Å². The zero-order valence-corrected chi connectivity index (χ0v) is 12.7. The van der Waals surface area contributed by atoms with Gasteiger partial charge in [0.2, 0.25) is 0 Å². The van der Waals surface area contributed by atoms with Crippen molar-refractivity contribution in [3.8, 4) is 0 Å². The van der Waals surface area contributed by atoms with E-state index in [1.54, 1.807) is 0 Å². The normalized spacial score (nSPS) is 17.7. The maximum Gasteiger partial charge on any atom is 0.274 e. The van der Waals surface area contributed by atoms with Crippen LogP contribution in [0.25, 0.3) is 0 Å². The monoisotopic (exact) mass is 317 g/mol. The highest BCUT2D eigenvalue weighted by Crippen LogP contribution is 2.23. The van der Waals surface area contributed by atoms with Crippen LogP contribution in [0, 0.1) is 0 Å².